The van der Waals surface area contributed by atoms with Crippen molar-refractivity contribution >= 4 is 27.7 Å². The summed E-state index contributed by atoms with van der Waals surface area (Å²) in [5.74, 6) is 0.708. The SMILES string of the molecule is Brc1ccccc1CC1CCC/C1=C\Sc1ccccc1. The Morgan fingerprint density at radius 1 is 1.05 bits per heavy atom. The van der Waals surface area contributed by atoms with Crippen LogP contribution >= 0.6 is 27.7 Å². The van der Waals surface area contributed by atoms with Crippen LogP contribution in [0.3, 0.4) is 0 Å². The van der Waals surface area contributed by atoms with E-state index in [1.807, 2.05) is 11.8 Å². The van der Waals surface area contributed by atoms with Crippen molar-refractivity contribution < 1.29 is 0 Å². The van der Waals surface area contributed by atoms with Crippen LogP contribution < -0.4 is 0 Å². The molecule has 0 heterocycles. The molecule has 1 aliphatic carbocycles. The van der Waals surface area contributed by atoms with Crippen molar-refractivity contribution in [3.8, 4) is 0 Å². The molecule has 1 aliphatic rings. The first kappa shape index (κ1) is 14.9. The molecule has 0 N–H and O–H groups in total. The number of hydrogen-bond donors (Lipinski definition) is 0. The highest BCUT2D eigenvalue weighted by atomic mass is 79.9. The number of rotatable bonds is 4. The largest absolute Gasteiger partial charge is 0.0981 e. The highest BCUT2D eigenvalue weighted by Gasteiger charge is 2.21. The summed E-state index contributed by atoms with van der Waals surface area (Å²) in [5.41, 5.74) is 3.06. The van der Waals surface area contributed by atoms with Gasteiger partial charge in [-0.15, -0.1) is 0 Å². The van der Waals surface area contributed by atoms with Crippen LogP contribution in [0.4, 0.5) is 0 Å². The summed E-state index contributed by atoms with van der Waals surface area (Å²) in [7, 11) is 0. The average Bonchev–Trinajstić information content (AvgIpc) is 2.96. The van der Waals surface area contributed by atoms with Crippen LogP contribution in [0.25, 0.3) is 0 Å². The molecule has 2 aromatic carbocycles. The van der Waals surface area contributed by atoms with Crippen LogP contribution in [0.5, 0.6) is 0 Å². The smallest absolute Gasteiger partial charge is 0.0207 e. The molecule has 1 atom stereocenters. The maximum Gasteiger partial charge on any atom is 0.0207 e. The highest BCUT2D eigenvalue weighted by molar-refractivity contribution is 9.10. The van der Waals surface area contributed by atoms with Gasteiger partial charge in [0.05, 0.1) is 0 Å². The molecule has 2 aromatic rings. The Hall–Kier alpha value is -0.990. The van der Waals surface area contributed by atoms with Crippen molar-refractivity contribution in [2.24, 2.45) is 5.92 Å². The number of hydrogen-bond acceptors (Lipinski definition) is 1. The van der Waals surface area contributed by atoms with Gasteiger partial charge < -0.3 is 0 Å². The highest BCUT2D eigenvalue weighted by Crippen LogP contribution is 2.37. The van der Waals surface area contributed by atoms with Gasteiger partial charge in [0.1, 0.15) is 0 Å². The average molecular weight is 359 g/mol. The third kappa shape index (κ3) is 4.02. The van der Waals surface area contributed by atoms with Gasteiger partial charge in [-0.3, -0.25) is 0 Å². The van der Waals surface area contributed by atoms with E-state index in [0.717, 1.165) is 6.42 Å². The number of allylic oxidation sites excluding steroid dienone is 1. The molecule has 0 bridgehead atoms. The van der Waals surface area contributed by atoms with Crippen molar-refractivity contribution in [3.05, 3.63) is 75.6 Å². The fourth-order valence-corrected chi connectivity index (χ4v) is 4.26. The number of benzene rings is 2. The molecule has 0 spiro atoms. The number of halogens is 1. The van der Waals surface area contributed by atoms with Crippen molar-refractivity contribution in [1.29, 1.82) is 0 Å². The molecule has 0 aromatic heterocycles. The van der Waals surface area contributed by atoms with Crippen molar-refractivity contribution in [1.82, 2.24) is 0 Å². The van der Waals surface area contributed by atoms with E-state index in [-0.39, 0.29) is 0 Å². The van der Waals surface area contributed by atoms with E-state index in [1.165, 1.54) is 34.2 Å². The summed E-state index contributed by atoms with van der Waals surface area (Å²) in [6, 6.07) is 19.3. The first-order chi connectivity index (χ1) is 10.3. The Labute approximate surface area is 139 Å². The molecule has 1 unspecified atom stereocenters. The predicted octanol–water partition coefficient (Wildman–Crippen LogP) is 6.47. The van der Waals surface area contributed by atoms with Crippen molar-refractivity contribution in [2.75, 3.05) is 0 Å². The zero-order valence-electron chi connectivity index (χ0n) is 12.0. The lowest BCUT2D eigenvalue weighted by Crippen LogP contribution is -2.02. The van der Waals surface area contributed by atoms with Crippen LogP contribution in [0, 0.1) is 5.92 Å². The van der Waals surface area contributed by atoms with Gasteiger partial charge in [0.2, 0.25) is 0 Å². The van der Waals surface area contributed by atoms with E-state index in [9.17, 15) is 0 Å². The third-order valence-corrected chi connectivity index (χ3v) is 5.79. The quantitative estimate of drug-likeness (QED) is 0.564. The molecule has 1 fully saturated rings. The molecular weight excluding hydrogens is 340 g/mol. The first-order valence-electron chi connectivity index (χ1n) is 7.47. The zero-order valence-corrected chi connectivity index (χ0v) is 14.4. The molecule has 0 radical (unpaired) electrons. The van der Waals surface area contributed by atoms with Crippen LogP contribution in [0.15, 0.2) is 74.9 Å². The van der Waals surface area contributed by atoms with E-state index < -0.39 is 0 Å². The van der Waals surface area contributed by atoms with Gasteiger partial charge in [0.15, 0.2) is 0 Å². The zero-order chi connectivity index (χ0) is 14.5. The van der Waals surface area contributed by atoms with Crippen molar-refractivity contribution in [3.63, 3.8) is 0 Å². The lowest BCUT2D eigenvalue weighted by Gasteiger charge is -2.13. The third-order valence-electron chi connectivity index (χ3n) is 4.06. The Balaban J connectivity index is 1.69. The van der Waals surface area contributed by atoms with E-state index in [4.69, 9.17) is 0 Å². The van der Waals surface area contributed by atoms with Crippen LogP contribution in [-0.2, 0) is 6.42 Å². The van der Waals surface area contributed by atoms with E-state index in [2.05, 4.69) is 75.9 Å². The Morgan fingerprint density at radius 2 is 1.81 bits per heavy atom. The molecule has 0 nitrogen and oxygen atoms in total. The minimum Gasteiger partial charge on any atom is -0.0981 e. The monoisotopic (exact) mass is 358 g/mol. The van der Waals surface area contributed by atoms with Gasteiger partial charge in [-0.2, -0.15) is 0 Å². The molecule has 0 amide bonds. The molecule has 1 saturated carbocycles. The predicted molar refractivity (Wildman–Crippen MR) is 95.6 cm³/mol. The number of thioether (sulfide) groups is 1. The first-order valence-corrected chi connectivity index (χ1v) is 9.14. The minimum atomic E-state index is 0.708. The molecule has 0 aliphatic heterocycles. The molecule has 21 heavy (non-hydrogen) atoms. The van der Waals surface area contributed by atoms with E-state index >= 15 is 0 Å². The molecule has 2 heteroatoms. The van der Waals surface area contributed by atoms with Gasteiger partial charge in [0, 0.05) is 9.37 Å². The second-order valence-corrected chi connectivity index (χ2v) is 7.31. The van der Waals surface area contributed by atoms with E-state index in [1.54, 1.807) is 5.57 Å². The lowest BCUT2D eigenvalue weighted by atomic mass is 9.95. The maximum absolute atomic E-state index is 3.67. The summed E-state index contributed by atoms with van der Waals surface area (Å²) in [6.45, 7) is 0. The summed E-state index contributed by atoms with van der Waals surface area (Å²) in [5, 5.41) is 2.39. The summed E-state index contributed by atoms with van der Waals surface area (Å²) in [4.78, 5) is 1.33. The normalized spacial score (nSPS) is 20.0. The van der Waals surface area contributed by atoms with Gasteiger partial charge >= 0.3 is 0 Å². The fourth-order valence-electron chi connectivity index (χ4n) is 2.90. The van der Waals surface area contributed by atoms with Gasteiger partial charge in [-0.25, -0.2) is 0 Å². The van der Waals surface area contributed by atoms with Gasteiger partial charge in [0.25, 0.3) is 0 Å². The fraction of sp³-hybridized carbons (Fsp3) is 0.263. The van der Waals surface area contributed by atoms with Crippen LogP contribution in [-0.4, -0.2) is 0 Å². The molecular formula is C19H19BrS. The topological polar surface area (TPSA) is 0 Å². The van der Waals surface area contributed by atoms with Crippen molar-refractivity contribution in [2.45, 2.75) is 30.6 Å². The maximum atomic E-state index is 3.67. The molecule has 108 valence electrons. The lowest BCUT2D eigenvalue weighted by molar-refractivity contribution is 0.623. The summed E-state index contributed by atoms with van der Waals surface area (Å²) >= 11 is 5.54. The molecule has 0 saturated heterocycles. The van der Waals surface area contributed by atoms with Crippen LogP contribution in [0.1, 0.15) is 24.8 Å². The Bertz CT molecular complexity index is 618. The molecule has 3 rings (SSSR count). The second-order valence-electron chi connectivity index (χ2n) is 5.51. The van der Waals surface area contributed by atoms with Crippen LogP contribution in [0.2, 0.25) is 0 Å². The Kier molecular flexibility index (Phi) is 5.21. The minimum absolute atomic E-state index is 0.708. The second kappa shape index (κ2) is 7.33. The van der Waals surface area contributed by atoms with Gasteiger partial charge in [-0.1, -0.05) is 69.7 Å². The summed E-state index contributed by atoms with van der Waals surface area (Å²) < 4.78 is 1.24. The van der Waals surface area contributed by atoms with E-state index in [0.29, 0.717) is 5.92 Å². The Morgan fingerprint density at radius 3 is 2.62 bits per heavy atom. The standard InChI is InChI=1S/C19H19BrS/c20-19-12-5-4-7-16(19)13-15-8-6-9-17(15)14-21-18-10-2-1-3-11-18/h1-5,7,10-12,14-15H,6,8-9,13H2/b17-14+. The van der Waals surface area contributed by atoms with Gasteiger partial charge in [-0.05, 0) is 60.8 Å². The summed E-state index contributed by atoms with van der Waals surface area (Å²) in [6.07, 6.45) is 5.07.